The van der Waals surface area contributed by atoms with Crippen LogP contribution in [0.1, 0.15) is 25.3 Å². The van der Waals surface area contributed by atoms with Crippen molar-refractivity contribution in [1.82, 2.24) is 15.6 Å². The molecule has 0 unspecified atom stereocenters. The summed E-state index contributed by atoms with van der Waals surface area (Å²) < 4.78 is 5.53. The van der Waals surface area contributed by atoms with Crippen molar-refractivity contribution in [3.63, 3.8) is 0 Å². The third-order valence-electron chi connectivity index (χ3n) is 4.46. The number of nitrogens with zero attached hydrogens (tertiary/aromatic N) is 2. The van der Waals surface area contributed by atoms with Gasteiger partial charge in [0.05, 0.1) is 19.4 Å². The number of nitrogens with one attached hydrogen (secondary N) is 2. The average molecular weight is 371 g/mol. The number of allylic oxidation sites excluding steroid dienone is 2. The Hall–Kier alpha value is -2.18. The number of morpholine rings is 1. The molecule has 0 amide bonds. The molecule has 1 fully saturated rings. The third kappa shape index (κ3) is 4.93. The Morgan fingerprint density at radius 2 is 2.00 bits per heavy atom. The van der Waals surface area contributed by atoms with Crippen LogP contribution >= 0.6 is 12.2 Å². The van der Waals surface area contributed by atoms with Gasteiger partial charge in [0.15, 0.2) is 5.11 Å². The van der Waals surface area contributed by atoms with Crippen molar-refractivity contribution in [2.45, 2.75) is 19.8 Å². The van der Waals surface area contributed by atoms with Crippen molar-refractivity contribution in [2.75, 3.05) is 32.8 Å². The van der Waals surface area contributed by atoms with E-state index >= 15 is 0 Å². The number of rotatable bonds is 5. The molecule has 0 bridgehead atoms. The van der Waals surface area contributed by atoms with E-state index in [1.165, 1.54) is 22.4 Å². The summed E-state index contributed by atoms with van der Waals surface area (Å²) in [5.41, 5.74) is 8.05. The lowest BCUT2D eigenvalue weighted by molar-refractivity contribution is 0.0548. The molecular weight excluding hydrogens is 344 g/mol. The average Bonchev–Trinajstić information content (AvgIpc) is 3.06. The molecule has 1 aromatic carbocycles. The first-order valence-electron chi connectivity index (χ1n) is 9.16. The first-order chi connectivity index (χ1) is 12.8. The number of thiocarbonyl (C=S) groups is 1. The summed E-state index contributed by atoms with van der Waals surface area (Å²) in [6.45, 7) is 6.18. The molecule has 0 radical (unpaired) electrons. The van der Waals surface area contributed by atoms with Gasteiger partial charge >= 0.3 is 0 Å². The van der Waals surface area contributed by atoms with Gasteiger partial charge in [-0.25, -0.2) is 0 Å². The van der Waals surface area contributed by atoms with Crippen LogP contribution in [0.25, 0.3) is 6.08 Å². The van der Waals surface area contributed by atoms with Gasteiger partial charge in [0.25, 0.3) is 0 Å². The van der Waals surface area contributed by atoms with E-state index in [9.17, 15) is 0 Å². The second kappa shape index (κ2) is 9.50. The van der Waals surface area contributed by atoms with Gasteiger partial charge in [0.1, 0.15) is 0 Å². The minimum atomic E-state index is 0.551. The Balaban J connectivity index is 1.83. The van der Waals surface area contributed by atoms with Gasteiger partial charge in [-0.3, -0.25) is 5.43 Å². The Morgan fingerprint density at radius 1 is 1.23 bits per heavy atom. The lowest BCUT2D eigenvalue weighted by Crippen LogP contribution is -2.36. The van der Waals surface area contributed by atoms with Crippen molar-refractivity contribution in [1.29, 1.82) is 0 Å². The Bertz CT molecular complexity index is 706. The van der Waals surface area contributed by atoms with Crippen LogP contribution in [-0.2, 0) is 4.74 Å². The van der Waals surface area contributed by atoms with Crippen LogP contribution < -0.4 is 10.7 Å². The van der Waals surface area contributed by atoms with Crippen LogP contribution in [0, 0.1) is 0 Å². The number of hydrazone groups is 1. The maximum absolute atomic E-state index is 5.53. The van der Waals surface area contributed by atoms with E-state index in [0.29, 0.717) is 5.11 Å². The van der Waals surface area contributed by atoms with Gasteiger partial charge in [-0.15, -0.1) is 0 Å². The molecule has 1 aromatic rings. The SMILES string of the molecule is CCNC(=S)NN=CC1=C(N2CCOCC2)C(=Cc2ccccc2)CC1. The first-order valence-corrected chi connectivity index (χ1v) is 9.57. The Labute approximate surface area is 160 Å². The lowest BCUT2D eigenvalue weighted by Gasteiger charge is -2.31. The maximum atomic E-state index is 5.53. The molecule has 1 saturated heterocycles. The van der Waals surface area contributed by atoms with E-state index in [0.717, 1.165) is 45.7 Å². The molecule has 6 heteroatoms. The zero-order chi connectivity index (χ0) is 18.2. The highest BCUT2D eigenvalue weighted by molar-refractivity contribution is 7.80. The number of ether oxygens (including phenoxy) is 1. The van der Waals surface area contributed by atoms with E-state index < -0.39 is 0 Å². The largest absolute Gasteiger partial charge is 0.378 e. The van der Waals surface area contributed by atoms with E-state index in [1.807, 2.05) is 19.2 Å². The van der Waals surface area contributed by atoms with Gasteiger partial charge in [0, 0.05) is 25.3 Å². The molecular formula is C20H26N4OS. The quantitative estimate of drug-likeness (QED) is 0.474. The molecule has 1 aliphatic carbocycles. The fourth-order valence-corrected chi connectivity index (χ4v) is 3.49. The maximum Gasteiger partial charge on any atom is 0.186 e. The summed E-state index contributed by atoms with van der Waals surface area (Å²) in [4.78, 5) is 2.43. The summed E-state index contributed by atoms with van der Waals surface area (Å²) >= 11 is 5.17. The highest BCUT2D eigenvalue weighted by atomic mass is 32.1. The van der Waals surface area contributed by atoms with Crippen LogP contribution in [0.4, 0.5) is 0 Å². The Kier molecular flexibility index (Phi) is 6.80. The third-order valence-corrected chi connectivity index (χ3v) is 4.70. The molecule has 5 nitrogen and oxygen atoms in total. The predicted molar refractivity (Wildman–Crippen MR) is 111 cm³/mol. The number of benzene rings is 1. The van der Waals surface area contributed by atoms with Gasteiger partial charge in [-0.1, -0.05) is 30.3 Å². The monoisotopic (exact) mass is 370 g/mol. The van der Waals surface area contributed by atoms with Crippen LogP contribution in [0.15, 0.2) is 52.3 Å². The summed E-state index contributed by atoms with van der Waals surface area (Å²) in [5, 5.41) is 7.93. The molecule has 2 aliphatic rings. The van der Waals surface area contributed by atoms with Crippen molar-refractivity contribution in [2.24, 2.45) is 5.10 Å². The van der Waals surface area contributed by atoms with Gasteiger partial charge in [0.2, 0.25) is 0 Å². The number of hydrogen-bond acceptors (Lipinski definition) is 4. The highest BCUT2D eigenvalue weighted by Crippen LogP contribution is 2.34. The Morgan fingerprint density at radius 3 is 2.73 bits per heavy atom. The standard InChI is InChI=1S/C20H26N4OS/c1-2-21-20(26)23-22-15-18-9-8-17(14-16-6-4-3-5-7-16)19(18)24-10-12-25-13-11-24/h3-7,14-15H,2,8-13H2,1H3,(H2,21,23,26). The fraction of sp³-hybridized carbons (Fsp3) is 0.400. The molecule has 0 aromatic heterocycles. The van der Waals surface area contributed by atoms with Gasteiger partial charge in [-0.05, 0) is 54.8 Å². The second-order valence-corrected chi connectivity index (χ2v) is 6.69. The zero-order valence-electron chi connectivity index (χ0n) is 15.2. The summed E-state index contributed by atoms with van der Waals surface area (Å²) in [6.07, 6.45) is 6.23. The van der Waals surface area contributed by atoms with Gasteiger partial charge in [-0.2, -0.15) is 5.10 Å². The molecule has 26 heavy (non-hydrogen) atoms. The minimum Gasteiger partial charge on any atom is -0.378 e. The fourth-order valence-electron chi connectivity index (χ4n) is 3.29. The van der Waals surface area contributed by atoms with Crippen LogP contribution in [0.5, 0.6) is 0 Å². The van der Waals surface area contributed by atoms with Crippen LogP contribution in [0.3, 0.4) is 0 Å². The molecule has 2 N–H and O–H groups in total. The van der Waals surface area contributed by atoms with E-state index in [1.54, 1.807) is 0 Å². The van der Waals surface area contributed by atoms with Crippen molar-refractivity contribution in [3.05, 3.63) is 52.7 Å². The molecule has 0 saturated carbocycles. The summed E-state index contributed by atoms with van der Waals surface area (Å²) in [6, 6.07) is 10.5. The molecule has 0 atom stereocenters. The molecule has 1 heterocycles. The van der Waals surface area contributed by atoms with E-state index in [4.69, 9.17) is 17.0 Å². The molecule has 1 aliphatic heterocycles. The van der Waals surface area contributed by atoms with Crippen molar-refractivity contribution < 1.29 is 4.74 Å². The number of hydrogen-bond donors (Lipinski definition) is 2. The topological polar surface area (TPSA) is 48.9 Å². The summed E-state index contributed by atoms with van der Waals surface area (Å²) in [7, 11) is 0. The van der Waals surface area contributed by atoms with Crippen LogP contribution in [-0.4, -0.2) is 49.1 Å². The van der Waals surface area contributed by atoms with Crippen molar-refractivity contribution >= 4 is 29.6 Å². The second-order valence-electron chi connectivity index (χ2n) is 6.28. The molecule has 0 spiro atoms. The molecule has 3 rings (SSSR count). The van der Waals surface area contributed by atoms with E-state index in [-0.39, 0.29) is 0 Å². The lowest BCUT2D eigenvalue weighted by atomic mass is 10.1. The summed E-state index contributed by atoms with van der Waals surface area (Å²) in [5.74, 6) is 0. The predicted octanol–water partition coefficient (Wildman–Crippen LogP) is 2.92. The van der Waals surface area contributed by atoms with Crippen molar-refractivity contribution in [3.8, 4) is 0 Å². The van der Waals surface area contributed by atoms with Gasteiger partial charge < -0.3 is 15.0 Å². The first kappa shape index (κ1) is 18.6. The smallest absolute Gasteiger partial charge is 0.186 e. The zero-order valence-corrected chi connectivity index (χ0v) is 16.0. The highest BCUT2D eigenvalue weighted by Gasteiger charge is 2.25. The van der Waals surface area contributed by atoms with Crippen LogP contribution in [0.2, 0.25) is 0 Å². The normalized spacial score (nSPS) is 19.4. The minimum absolute atomic E-state index is 0.551. The van der Waals surface area contributed by atoms with E-state index in [2.05, 4.69) is 51.1 Å². The molecule has 138 valence electrons.